The van der Waals surface area contributed by atoms with Gasteiger partial charge in [0.15, 0.2) is 0 Å². The molecule has 0 bridgehead atoms. The van der Waals surface area contributed by atoms with E-state index in [1.807, 2.05) is 19.9 Å². The van der Waals surface area contributed by atoms with Crippen molar-refractivity contribution in [1.29, 1.82) is 0 Å². The summed E-state index contributed by atoms with van der Waals surface area (Å²) >= 11 is 0. The number of anilines is 2. The van der Waals surface area contributed by atoms with Crippen molar-refractivity contribution in [3.05, 3.63) is 23.3 Å². The van der Waals surface area contributed by atoms with Gasteiger partial charge in [0.05, 0.1) is 11.4 Å². The fourth-order valence-corrected chi connectivity index (χ4v) is 1.28. The molecule has 1 aromatic carbocycles. The van der Waals surface area contributed by atoms with Crippen molar-refractivity contribution in [1.82, 2.24) is 0 Å². The molecule has 1 rings (SSSR count). The van der Waals surface area contributed by atoms with E-state index >= 15 is 0 Å². The summed E-state index contributed by atoms with van der Waals surface area (Å²) in [4.78, 5) is 0. The summed E-state index contributed by atoms with van der Waals surface area (Å²) in [6, 6.07) is 3.39. The van der Waals surface area contributed by atoms with Crippen LogP contribution in [-0.4, -0.2) is 12.2 Å². The first-order valence-electron chi connectivity index (χ1n) is 4.50. The van der Waals surface area contributed by atoms with Crippen molar-refractivity contribution in [3.63, 3.8) is 0 Å². The number of nitrogen functional groups attached to an aromatic ring is 1. The summed E-state index contributed by atoms with van der Waals surface area (Å²) in [6.45, 7) is 3.93. The molecule has 0 radical (unpaired) electrons. The lowest BCUT2D eigenvalue weighted by molar-refractivity contribution is 0.474. The van der Waals surface area contributed by atoms with Crippen molar-refractivity contribution >= 4 is 17.5 Å². The quantitative estimate of drug-likeness (QED) is 0.498. The average Bonchev–Trinajstić information content (AvgIpc) is 2.12. The smallest absolute Gasteiger partial charge is 0.125 e. The van der Waals surface area contributed by atoms with E-state index in [9.17, 15) is 5.11 Å². The molecule has 0 amide bonds. The summed E-state index contributed by atoms with van der Waals surface area (Å²) in [6.07, 6.45) is 1.87. The number of rotatable bonds is 2. The highest BCUT2D eigenvalue weighted by molar-refractivity contribution is 5.81. The molecule has 0 aliphatic rings. The number of benzene rings is 1. The van der Waals surface area contributed by atoms with Gasteiger partial charge in [-0.25, -0.2) is 0 Å². The molecule has 0 heterocycles. The number of phenols is 1. The number of aromatic hydroxyl groups is 1. The lowest BCUT2D eigenvalue weighted by Gasteiger charge is -2.10. The first kappa shape index (κ1) is 10.4. The molecule has 3 nitrogen and oxygen atoms in total. The Morgan fingerprint density at radius 2 is 2.07 bits per heavy atom. The molecule has 0 aliphatic carbocycles. The highest BCUT2D eigenvalue weighted by atomic mass is 16.3. The maximum absolute atomic E-state index is 9.61. The number of nitrogens with two attached hydrogens (primary N) is 1. The third-order valence-corrected chi connectivity index (χ3v) is 1.97. The number of phenolic OH excluding ortho intramolecular Hbond substituents is 1. The minimum absolute atomic E-state index is 0.211. The molecule has 76 valence electrons. The van der Waals surface area contributed by atoms with Crippen molar-refractivity contribution in [2.45, 2.75) is 13.8 Å². The van der Waals surface area contributed by atoms with E-state index in [1.165, 1.54) is 0 Å². The molecular weight excluding hydrogens is 176 g/mol. The third kappa shape index (κ3) is 1.99. The predicted molar refractivity (Wildman–Crippen MR) is 61.4 cm³/mol. The second-order valence-corrected chi connectivity index (χ2v) is 3.43. The van der Waals surface area contributed by atoms with Gasteiger partial charge in [-0.05, 0) is 26.0 Å². The van der Waals surface area contributed by atoms with Gasteiger partial charge in [0.1, 0.15) is 5.75 Å². The number of nitrogens with one attached hydrogen (secondary N) is 1. The van der Waals surface area contributed by atoms with E-state index in [0.29, 0.717) is 11.3 Å². The van der Waals surface area contributed by atoms with Gasteiger partial charge in [0.25, 0.3) is 0 Å². The molecule has 0 atom stereocenters. The maximum atomic E-state index is 9.61. The van der Waals surface area contributed by atoms with Crippen molar-refractivity contribution in [3.8, 4) is 5.75 Å². The Kier molecular flexibility index (Phi) is 3.02. The van der Waals surface area contributed by atoms with Crippen molar-refractivity contribution in [2.24, 2.45) is 0 Å². The van der Waals surface area contributed by atoms with Crippen LogP contribution in [0.2, 0.25) is 0 Å². The molecule has 0 unspecified atom stereocenters. The van der Waals surface area contributed by atoms with Gasteiger partial charge in [0, 0.05) is 12.6 Å². The largest absolute Gasteiger partial charge is 0.507 e. The zero-order chi connectivity index (χ0) is 10.7. The Bertz CT molecular complexity index is 366. The lowest BCUT2D eigenvalue weighted by Crippen LogP contribution is -1.98. The summed E-state index contributed by atoms with van der Waals surface area (Å²) in [7, 11) is 1.80. The lowest BCUT2D eigenvalue weighted by atomic mass is 10.1. The van der Waals surface area contributed by atoms with Gasteiger partial charge < -0.3 is 16.2 Å². The minimum Gasteiger partial charge on any atom is -0.507 e. The fourth-order valence-electron chi connectivity index (χ4n) is 1.28. The van der Waals surface area contributed by atoms with Gasteiger partial charge in [-0.3, -0.25) is 0 Å². The fraction of sp³-hybridized carbons (Fsp3) is 0.273. The van der Waals surface area contributed by atoms with Crippen LogP contribution in [0.1, 0.15) is 19.4 Å². The molecule has 1 aromatic rings. The van der Waals surface area contributed by atoms with Gasteiger partial charge in [-0.15, -0.1) is 0 Å². The summed E-state index contributed by atoms with van der Waals surface area (Å²) in [5.41, 5.74) is 9.06. The number of allylic oxidation sites excluding steroid dienone is 1. The number of hydrogen-bond donors (Lipinski definition) is 3. The topological polar surface area (TPSA) is 58.3 Å². The summed E-state index contributed by atoms with van der Waals surface area (Å²) < 4.78 is 0. The van der Waals surface area contributed by atoms with Gasteiger partial charge in [-0.1, -0.05) is 11.6 Å². The summed E-state index contributed by atoms with van der Waals surface area (Å²) in [5, 5.41) is 12.6. The molecule has 3 heteroatoms. The van der Waals surface area contributed by atoms with Crippen LogP contribution in [-0.2, 0) is 0 Å². The molecule has 0 saturated carbocycles. The van der Waals surface area contributed by atoms with E-state index in [1.54, 1.807) is 19.2 Å². The molecule has 0 aliphatic heterocycles. The minimum atomic E-state index is 0.211. The van der Waals surface area contributed by atoms with Crippen LogP contribution in [0, 0.1) is 0 Å². The van der Waals surface area contributed by atoms with Gasteiger partial charge in [-0.2, -0.15) is 0 Å². The predicted octanol–water partition coefficient (Wildman–Crippen LogP) is 2.44. The van der Waals surface area contributed by atoms with Crippen LogP contribution in [0.4, 0.5) is 11.4 Å². The van der Waals surface area contributed by atoms with Crippen LogP contribution >= 0.6 is 0 Å². The highest BCUT2D eigenvalue weighted by Crippen LogP contribution is 2.31. The highest BCUT2D eigenvalue weighted by Gasteiger charge is 2.06. The van der Waals surface area contributed by atoms with Crippen molar-refractivity contribution in [2.75, 3.05) is 18.1 Å². The second-order valence-electron chi connectivity index (χ2n) is 3.43. The zero-order valence-electron chi connectivity index (χ0n) is 8.76. The molecule has 0 saturated heterocycles. The molecule has 0 aromatic heterocycles. The molecule has 0 fully saturated rings. The Hall–Kier alpha value is -1.64. The Balaban J connectivity index is 3.32. The van der Waals surface area contributed by atoms with E-state index in [-0.39, 0.29) is 5.75 Å². The molecule has 0 spiro atoms. The van der Waals surface area contributed by atoms with Crippen LogP contribution in [0.25, 0.3) is 6.08 Å². The Morgan fingerprint density at radius 1 is 1.43 bits per heavy atom. The Morgan fingerprint density at radius 3 is 2.57 bits per heavy atom. The SMILES string of the molecule is CNc1ccc(O)c(C=C(C)C)c1N. The van der Waals surface area contributed by atoms with Gasteiger partial charge >= 0.3 is 0 Å². The summed E-state index contributed by atoms with van der Waals surface area (Å²) in [5.74, 6) is 0.211. The van der Waals surface area contributed by atoms with E-state index in [2.05, 4.69) is 5.32 Å². The first-order valence-corrected chi connectivity index (χ1v) is 4.50. The van der Waals surface area contributed by atoms with E-state index in [4.69, 9.17) is 5.73 Å². The molecule has 14 heavy (non-hydrogen) atoms. The van der Waals surface area contributed by atoms with Crippen LogP contribution < -0.4 is 11.1 Å². The normalized spacial score (nSPS) is 9.64. The maximum Gasteiger partial charge on any atom is 0.125 e. The van der Waals surface area contributed by atoms with Gasteiger partial charge in [0.2, 0.25) is 0 Å². The van der Waals surface area contributed by atoms with E-state index in [0.717, 1.165) is 11.3 Å². The molecular formula is C11H16N2O. The van der Waals surface area contributed by atoms with Crippen molar-refractivity contribution < 1.29 is 5.11 Å². The Labute approximate surface area is 84.3 Å². The first-order chi connectivity index (χ1) is 6.56. The average molecular weight is 192 g/mol. The zero-order valence-corrected chi connectivity index (χ0v) is 8.76. The second kappa shape index (κ2) is 4.05. The third-order valence-electron chi connectivity index (χ3n) is 1.97. The van der Waals surface area contributed by atoms with Crippen LogP contribution in [0.15, 0.2) is 17.7 Å². The van der Waals surface area contributed by atoms with Crippen LogP contribution in [0.5, 0.6) is 5.75 Å². The number of hydrogen-bond acceptors (Lipinski definition) is 3. The van der Waals surface area contributed by atoms with E-state index < -0.39 is 0 Å². The monoisotopic (exact) mass is 192 g/mol. The molecule has 4 N–H and O–H groups in total. The standard InChI is InChI=1S/C11H16N2O/c1-7(2)6-8-10(14)5-4-9(13-3)11(8)12/h4-6,13-14H,12H2,1-3H3. The van der Waals surface area contributed by atoms with Crippen LogP contribution in [0.3, 0.4) is 0 Å².